The summed E-state index contributed by atoms with van der Waals surface area (Å²) in [5.41, 5.74) is 2.58. The normalized spacial score (nSPS) is 11.8. The Balaban J connectivity index is 1.38. The number of aromatic nitrogens is 4. The van der Waals surface area contributed by atoms with Crippen molar-refractivity contribution in [2.75, 3.05) is 11.6 Å². The number of halogens is 1. The van der Waals surface area contributed by atoms with Gasteiger partial charge in [-0.15, -0.1) is 21.5 Å². The van der Waals surface area contributed by atoms with Crippen LogP contribution in [0.3, 0.4) is 0 Å². The van der Waals surface area contributed by atoms with Gasteiger partial charge in [-0.05, 0) is 50.4 Å². The molecule has 4 aromatic rings. The highest BCUT2D eigenvalue weighted by molar-refractivity contribution is 7.98. The van der Waals surface area contributed by atoms with Crippen molar-refractivity contribution < 1.29 is 14.3 Å². The van der Waals surface area contributed by atoms with Crippen LogP contribution in [0.5, 0.6) is 0 Å². The molecule has 0 aliphatic heterocycles. The fourth-order valence-electron chi connectivity index (χ4n) is 3.13. The highest BCUT2D eigenvalue weighted by atomic mass is 35.5. The summed E-state index contributed by atoms with van der Waals surface area (Å²) in [6, 6.07) is 14.2. The number of esters is 1. The number of benzene rings is 2. The van der Waals surface area contributed by atoms with E-state index in [4.69, 9.17) is 16.3 Å². The van der Waals surface area contributed by atoms with Crippen LogP contribution >= 0.6 is 34.7 Å². The number of thioether (sulfide) groups is 1. The maximum Gasteiger partial charge on any atom is 0.338 e. The van der Waals surface area contributed by atoms with Crippen LogP contribution in [0.25, 0.3) is 16.9 Å². The van der Waals surface area contributed by atoms with Gasteiger partial charge < -0.3 is 4.74 Å². The van der Waals surface area contributed by atoms with Crippen molar-refractivity contribution in [3.8, 4) is 16.9 Å². The van der Waals surface area contributed by atoms with E-state index in [0.717, 1.165) is 22.2 Å². The van der Waals surface area contributed by atoms with Gasteiger partial charge in [0.1, 0.15) is 5.82 Å². The molecular weight excluding hydrogens is 494 g/mol. The smallest absolute Gasteiger partial charge is 0.338 e. The van der Waals surface area contributed by atoms with E-state index in [-0.39, 0.29) is 0 Å². The molecule has 34 heavy (non-hydrogen) atoms. The molecule has 0 saturated heterocycles. The largest absolute Gasteiger partial charge is 0.449 e. The van der Waals surface area contributed by atoms with Gasteiger partial charge in [0, 0.05) is 21.7 Å². The SMILES string of the molecule is CSc1nnc(C)n1-c1ccc(C(=O)OC(C)C(=O)Nc2nc(-c3ccccc3Cl)cs2)cc1. The molecule has 0 spiro atoms. The molecule has 1 unspecified atom stereocenters. The van der Waals surface area contributed by atoms with E-state index in [1.54, 1.807) is 35.7 Å². The van der Waals surface area contributed by atoms with Crippen LogP contribution in [-0.4, -0.2) is 44.0 Å². The third-order valence-corrected chi connectivity index (χ3v) is 6.59. The Morgan fingerprint density at radius 3 is 2.59 bits per heavy atom. The molecule has 2 heterocycles. The monoisotopic (exact) mass is 513 g/mol. The topological polar surface area (TPSA) is 99.0 Å². The Labute approximate surface area is 209 Å². The van der Waals surface area contributed by atoms with Crippen molar-refractivity contribution in [3.63, 3.8) is 0 Å². The molecule has 4 rings (SSSR count). The average molecular weight is 514 g/mol. The fraction of sp³-hybridized carbons (Fsp3) is 0.174. The zero-order valence-electron chi connectivity index (χ0n) is 18.5. The number of amides is 1. The van der Waals surface area contributed by atoms with Gasteiger partial charge in [-0.2, -0.15) is 0 Å². The van der Waals surface area contributed by atoms with Gasteiger partial charge in [0.15, 0.2) is 16.4 Å². The van der Waals surface area contributed by atoms with Crippen LogP contribution in [-0.2, 0) is 9.53 Å². The van der Waals surface area contributed by atoms with Gasteiger partial charge in [-0.1, -0.05) is 41.6 Å². The Hall–Kier alpha value is -3.21. The number of thiazole rings is 1. The quantitative estimate of drug-likeness (QED) is 0.266. The molecule has 0 saturated carbocycles. The minimum absolute atomic E-state index is 0.329. The molecule has 2 aromatic carbocycles. The second-order valence-corrected chi connectivity index (χ2v) is 9.21. The van der Waals surface area contributed by atoms with E-state index in [2.05, 4.69) is 20.5 Å². The Kier molecular flexibility index (Phi) is 7.30. The minimum Gasteiger partial charge on any atom is -0.449 e. The van der Waals surface area contributed by atoms with Crippen molar-refractivity contribution in [1.29, 1.82) is 0 Å². The predicted molar refractivity (Wildman–Crippen MR) is 134 cm³/mol. The molecule has 0 aliphatic rings. The number of hydrogen-bond donors (Lipinski definition) is 1. The number of aryl methyl sites for hydroxylation is 1. The second kappa shape index (κ2) is 10.4. The summed E-state index contributed by atoms with van der Waals surface area (Å²) in [6.45, 7) is 3.37. The molecular formula is C23H20ClN5O3S2. The molecule has 2 aromatic heterocycles. The third kappa shape index (κ3) is 5.14. The molecule has 1 atom stereocenters. The van der Waals surface area contributed by atoms with E-state index in [1.165, 1.54) is 30.0 Å². The lowest BCUT2D eigenvalue weighted by Gasteiger charge is -2.13. The first-order valence-corrected chi connectivity index (χ1v) is 12.6. The molecule has 1 amide bonds. The Morgan fingerprint density at radius 2 is 1.88 bits per heavy atom. The van der Waals surface area contributed by atoms with E-state index >= 15 is 0 Å². The summed E-state index contributed by atoms with van der Waals surface area (Å²) in [4.78, 5) is 29.5. The third-order valence-electron chi connectivity index (χ3n) is 4.88. The first-order chi connectivity index (χ1) is 16.4. The number of anilines is 1. The summed E-state index contributed by atoms with van der Waals surface area (Å²) < 4.78 is 7.24. The number of carbonyl (C=O) groups is 2. The minimum atomic E-state index is -1.01. The van der Waals surface area contributed by atoms with Crippen molar-refractivity contribution in [2.24, 2.45) is 0 Å². The fourth-order valence-corrected chi connectivity index (χ4v) is 4.62. The van der Waals surface area contributed by atoms with Crippen LogP contribution in [0, 0.1) is 6.92 Å². The van der Waals surface area contributed by atoms with Crippen LogP contribution in [0.15, 0.2) is 59.1 Å². The van der Waals surface area contributed by atoms with Crippen molar-refractivity contribution in [1.82, 2.24) is 19.7 Å². The highest BCUT2D eigenvalue weighted by Crippen LogP contribution is 2.30. The van der Waals surface area contributed by atoms with E-state index in [0.29, 0.717) is 21.4 Å². The van der Waals surface area contributed by atoms with Crippen LogP contribution in [0.2, 0.25) is 5.02 Å². The molecule has 0 radical (unpaired) electrons. The van der Waals surface area contributed by atoms with Crippen molar-refractivity contribution >= 4 is 51.7 Å². The number of hydrogen-bond acceptors (Lipinski definition) is 8. The van der Waals surface area contributed by atoms with Crippen LogP contribution in [0.1, 0.15) is 23.1 Å². The lowest BCUT2D eigenvalue weighted by atomic mass is 10.2. The molecule has 8 nitrogen and oxygen atoms in total. The first kappa shape index (κ1) is 23.9. The summed E-state index contributed by atoms with van der Waals surface area (Å²) in [5.74, 6) is -0.338. The van der Waals surface area contributed by atoms with E-state index in [9.17, 15) is 9.59 Å². The Bertz CT molecular complexity index is 1340. The van der Waals surface area contributed by atoms with Crippen LogP contribution in [0.4, 0.5) is 5.13 Å². The van der Waals surface area contributed by atoms with Gasteiger partial charge >= 0.3 is 5.97 Å². The number of nitrogens with zero attached hydrogens (tertiary/aromatic N) is 4. The van der Waals surface area contributed by atoms with Gasteiger partial charge in [0.2, 0.25) is 0 Å². The molecule has 1 N–H and O–H groups in total. The predicted octanol–water partition coefficient (Wildman–Crippen LogP) is 5.26. The lowest BCUT2D eigenvalue weighted by Crippen LogP contribution is -2.30. The first-order valence-electron chi connectivity index (χ1n) is 10.2. The van der Waals surface area contributed by atoms with Gasteiger partial charge in [0.05, 0.1) is 11.3 Å². The zero-order chi connectivity index (χ0) is 24.2. The van der Waals surface area contributed by atoms with E-state index < -0.39 is 18.0 Å². The highest BCUT2D eigenvalue weighted by Gasteiger charge is 2.21. The number of ether oxygens (including phenoxy) is 1. The Morgan fingerprint density at radius 1 is 1.15 bits per heavy atom. The second-order valence-electron chi connectivity index (χ2n) is 7.17. The summed E-state index contributed by atoms with van der Waals surface area (Å²) in [6.07, 6.45) is 0.907. The molecule has 0 fully saturated rings. The van der Waals surface area contributed by atoms with Crippen molar-refractivity contribution in [3.05, 3.63) is 70.3 Å². The van der Waals surface area contributed by atoms with Gasteiger partial charge in [0.25, 0.3) is 5.91 Å². The number of carbonyl (C=O) groups excluding carboxylic acids is 2. The number of nitrogens with one attached hydrogen (secondary N) is 1. The summed E-state index contributed by atoms with van der Waals surface area (Å²) >= 11 is 8.95. The van der Waals surface area contributed by atoms with Crippen LogP contribution < -0.4 is 5.32 Å². The standard InChI is InChI=1S/C23H20ClN5O3S2/c1-13(20(30)26-22-25-19(12-34-22)17-6-4-5-7-18(17)24)32-21(31)15-8-10-16(11-9-15)29-14(2)27-28-23(29)33-3/h4-13H,1-3H3,(H,25,26,30). The van der Waals surface area contributed by atoms with Gasteiger partial charge in [-0.3, -0.25) is 14.7 Å². The molecule has 174 valence electrons. The number of rotatable bonds is 7. The maximum absolute atomic E-state index is 12.6. The average Bonchev–Trinajstić information content (AvgIpc) is 3.45. The molecule has 0 bridgehead atoms. The van der Waals surface area contributed by atoms with Crippen molar-refractivity contribution in [2.45, 2.75) is 25.1 Å². The van der Waals surface area contributed by atoms with E-state index in [1.807, 2.05) is 35.9 Å². The molecule has 11 heteroatoms. The summed E-state index contributed by atoms with van der Waals surface area (Å²) in [7, 11) is 0. The lowest BCUT2D eigenvalue weighted by molar-refractivity contribution is -0.123. The maximum atomic E-state index is 12.6. The van der Waals surface area contributed by atoms with Gasteiger partial charge in [-0.25, -0.2) is 9.78 Å². The summed E-state index contributed by atoms with van der Waals surface area (Å²) in [5, 5.41) is 14.4. The molecule has 0 aliphatic carbocycles. The zero-order valence-corrected chi connectivity index (χ0v) is 20.9.